The van der Waals surface area contributed by atoms with Crippen molar-refractivity contribution in [1.29, 1.82) is 0 Å². The van der Waals surface area contributed by atoms with Crippen LogP contribution in [0.25, 0.3) is 0 Å². The number of rotatable bonds is 6. The minimum absolute atomic E-state index is 0.0327. The highest BCUT2D eigenvalue weighted by atomic mass is 35.5. The van der Waals surface area contributed by atoms with Gasteiger partial charge in [-0.15, -0.1) is 11.3 Å². The number of carbonyl (C=O) groups is 2. The molecule has 3 rings (SSSR count). The van der Waals surface area contributed by atoms with Gasteiger partial charge in [0.05, 0.1) is 26.9 Å². The lowest BCUT2D eigenvalue weighted by Gasteiger charge is -2.22. The van der Waals surface area contributed by atoms with Crippen LogP contribution in [0.4, 0.5) is 10.8 Å². The summed E-state index contributed by atoms with van der Waals surface area (Å²) in [6.07, 6.45) is 1.07. The molecule has 0 saturated heterocycles. The summed E-state index contributed by atoms with van der Waals surface area (Å²) in [4.78, 5) is 30.7. The first-order chi connectivity index (χ1) is 15.0. The van der Waals surface area contributed by atoms with Gasteiger partial charge in [-0.1, -0.05) is 23.7 Å². The number of esters is 1. The third-order valence-electron chi connectivity index (χ3n) is 4.52. The maximum atomic E-state index is 12.4. The Labute approximate surface area is 195 Å². The molecule has 0 N–H and O–H groups in total. The fourth-order valence-electron chi connectivity index (χ4n) is 3.12. The Bertz CT molecular complexity index is 1280. The average Bonchev–Trinajstić information content (AvgIpc) is 3.16. The second-order valence-electron chi connectivity index (χ2n) is 7.26. The van der Waals surface area contributed by atoms with Crippen LogP contribution in [0.3, 0.4) is 0 Å². The number of halogens is 1. The maximum absolute atomic E-state index is 12.4. The fourth-order valence-corrected chi connectivity index (χ4v) is 5.05. The number of benzene rings is 2. The third kappa shape index (κ3) is 5.35. The molecule has 10 heteroatoms. The van der Waals surface area contributed by atoms with Crippen LogP contribution in [0.5, 0.6) is 0 Å². The molecule has 1 aromatic heterocycles. The summed E-state index contributed by atoms with van der Waals surface area (Å²) in [6.45, 7) is 5.07. The number of anilines is 2. The number of nitrogens with zero attached hydrogens (tertiary/aromatic N) is 2. The van der Waals surface area contributed by atoms with Crippen LogP contribution in [0.15, 0.2) is 46.7 Å². The maximum Gasteiger partial charge on any atom is 0.338 e. The van der Waals surface area contributed by atoms with E-state index in [2.05, 4.69) is 4.98 Å². The van der Waals surface area contributed by atoms with Gasteiger partial charge in [-0.3, -0.25) is 9.69 Å². The van der Waals surface area contributed by atoms with Crippen LogP contribution in [0, 0.1) is 13.8 Å². The van der Waals surface area contributed by atoms with E-state index in [0.29, 0.717) is 21.5 Å². The molecule has 0 spiro atoms. The molecule has 3 aromatic rings. The minimum atomic E-state index is -3.44. The Morgan fingerprint density at radius 3 is 2.53 bits per heavy atom. The van der Waals surface area contributed by atoms with Crippen LogP contribution >= 0.6 is 22.9 Å². The lowest BCUT2D eigenvalue weighted by atomic mass is 10.1. The highest BCUT2D eigenvalue weighted by Crippen LogP contribution is 2.37. The van der Waals surface area contributed by atoms with E-state index in [-0.39, 0.29) is 23.0 Å². The van der Waals surface area contributed by atoms with Gasteiger partial charge in [0, 0.05) is 18.6 Å². The van der Waals surface area contributed by atoms with Crippen molar-refractivity contribution in [1.82, 2.24) is 4.98 Å². The number of thiazole rings is 1. The zero-order valence-electron chi connectivity index (χ0n) is 17.9. The Morgan fingerprint density at radius 1 is 1.19 bits per heavy atom. The first-order valence-electron chi connectivity index (χ1n) is 9.46. The molecule has 0 bridgehead atoms. The summed E-state index contributed by atoms with van der Waals surface area (Å²) >= 11 is 7.64. The quantitative estimate of drug-likeness (QED) is 0.456. The molecule has 0 aliphatic rings. The van der Waals surface area contributed by atoms with E-state index in [4.69, 9.17) is 16.3 Å². The van der Waals surface area contributed by atoms with Crippen LogP contribution in [-0.2, 0) is 26.0 Å². The molecule has 2 aromatic carbocycles. The lowest BCUT2D eigenvalue weighted by molar-refractivity contribution is -0.115. The van der Waals surface area contributed by atoms with E-state index in [0.717, 1.165) is 17.4 Å². The summed E-state index contributed by atoms with van der Waals surface area (Å²) in [5, 5.41) is 2.52. The SMILES string of the molecule is CC(=O)N(c1nc(COC(=O)c2cccc(S(C)(=O)=O)c2)cs1)c1c(C)cc(C)cc1Cl. The molecule has 168 valence electrons. The number of carbonyl (C=O) groups excluding carboxylic acids is 2. The minimum Gasteiger partial charge on any atom is -0.456 e. The summed E-state index contributed by atoms with van der Waals surface area (Å²) in [5.41, 5.74) is 2.94. The van der Waals surface area contributed by atoms with Gasteiger partial charge in [0.15, 0.2) is 15.0 Å². The van der Waals surface area contributed by atoms with Gasteiger partial charge in [-0.25, -0.2) is 18.2 Å². The van der Waals surface area contributed by atoms with Gasteiger partial charge in [0.1, 0.15) is 6.61 Å². The molecule has 0 radical (unpaired) electrons. The van der Waals surface area contributed by atoms with Crippen molar-refractivity contribution >= 4 is 55.5 Å². The zero-order valence-corrected chi connectivity index (χ0v) is 20.3. The smallest absolute Gasteiger partial charge is 0.338 e. The summed E-state index contributed by atoms with van der Waals surface area (Å²) in [6, 6.07) is 9.34. The number of sulfone groups is 1. The van der Waals surface area contributed by atoms with Crippen LogP contribution in [0.2, 0.25) is 5.02 Å². The number of aryl methyl sites for hydroxylation is 2. The molecule has 0 atom stereocenters. The highest BCUT2D eigenvalue weighted by Gasteiger charge is 2.23. The Balaban J connectivity index is 1.80. The van der Waals surface area contributed by atoms with Crippen molar-refractivity contribution in [2.75, 3.05) is 11.2 Å². The monoisotopic (exact) mass is 492 g/mol. The topological polar surface area (TPSA) is 93.6 Å². The Morgan fingerprint density at radius 2 is 1.91 bits per heavy atom. The molecular weight excluding hydrogens is 472 g/mol. The molecule has 1 heterocycles. The summed E-state index contributed by atoms with van der Waals surface area (Å²) in [7, 11) is -3.44. The Kier molecular flexibility index (Phi) is 7.02. The van der Waals surface area contributed by atoms with E-state index in [9.17, 15) is 18.0 Å². The number of hydrogen-bond donors (Lipinski definition) is 0. The third-order valence-corrected chi connectivity index (χ3v) is 6.79. The first-order valence-corrected chi connectivity index (χ1v) is 12.6. The van der Waals surface area contributed by atoms with Crippen molar-refractivity contribution in [3.8, 4) is 0 Å². The molecule has 0 fully saturated rings. The van der Waals surface area contributed by atoms with Gasteiger partial charge in [-0.2, -0.15) is 0 Å². The largest absolute Gasteiger partial charge is 0.456 e. The number of aromatic nitrogens is 1. The van der Waals surface area contributed by atoms with Crippen molar-refractivity contribution in [3.63, 3.8) is 0 Å². The van der Waals surface area contributed by atoms with E-state index < -0.39 is 15.8 Å². The lowest BCUT2D eigenvalue weighted by Crippen LogP contribution is -2.24. The molecule has 0 unspecified atom stereocenters. The highest BCUT2D eigenvalue weighted by molar-refractivity contribution is 7.90. The zero-order chi connectivity index (χ0) is 23.6. The second-order valence-corrected chi connectivity index (χ2v) is 10.5. The Hall–Kier alpha value is -2.75. The van der Waals surface area contributed by atoms with Crippen molar-refractivity contribution in [2.24, 2.45) is 0 Å². The van der Waals surface area contributed by atoms with E-state index in [1.165, 1.54) is 47.4 Å². The summed E-state index contributed by atoms with van der Waals surface area (Å²) in [5.74, 6) is -0.930. The normalized spacial score (nSPS) is 11.3. The number of hydrogen-bond acceptors (Lipinski definition) is 7. The van der Waals surface area contributed by atoms with Gasteiger partial charge in [0.25, 0.3) is 0 Å². The summed E-state index contributed by atoms with van der Waals surface area (Å²) < 4.78 is 28.7. The standard InChI is InChI=1S/C22H21ClN2O5S2/c1-13-8-14(2)20(19(23)9-13)25(15(3)26)22-24-17(12-31-22)11-30-21(27)16-6-5-7-18(10-16)32(4,28)29/h5-10,12H,11H2,1-4H3. The van der Waals surface area contributed by atoms with E-state index >= 15 is 0 Å². The predicted molar refractivity (Wildman–Crippen MR) is 125 cm³/mol. The fraction of sp³-hybridized carbons (Fsp3) is 0.227. The molecule has 0 aliphatic heterocycles. The van der Waals surface area contributed by atoms with Crippen molar-refractivity contribution in [2.45, 2.75) is 32.3 Å². The molecular formula is C22H21ClN2O5S2. The average molecular weight is 493 g/mol. The van der Waals surface area contributed by atoms with Crippen molar-refractivity contribution < 1.29 is 22.7 Å². The predicted octanol–water partition coefficient (Wildman–Crippen LogP) is 4.86. The number of ether oxygens (including phenoxy) is 1. The van der Waals surface area contributed by atoms with Gasteiger partial charge in [-0.05, 0) is 49.2 Å². The molecule has 32 heavy (non-hydrogen) atoms. The van der Waals surface area contributed by atoms with Gasteiger partial charge < -0.3 is 4.74 Å². The molecule has 0 aliphatic carbocycles. The number of amides is 1. The van der Waals surface area contributed by atoms with Gasteiger partial charge >= 0.3 is 5.97 Å². The van der Waals surface area contributed by atoms with Crippen LogP contribution in [-0.4, -0.2) is 31.5 Å². The van der Waals surface area contributed by atoms with Crippen LogP contribution < -0.4 is 4.90 Å². The van der Waals surface area contributed by atoms with E-state index in [1.54, 1.807) is 11.4 Å². The van der Waals surface area contributed by atoms with Gasteiger partial charge in [0.2, 0.25) is 5.91 Å². The van der Waals surface area contributed by atoms with Crippen molar-refractivity contribution in [3.05, 3.63) is 69.2 Å². The second kappa shape index (κ2) is 9.40. The van der Waals surface area contributed by atoms with E-state index in [1.807, 2.05) is 19.9 Å². The first kappa shape index (κ1) is 23.9. The molecule has 0 saturated carbocycles. The van der Waals surface area contributed by atoms with Crippen LogP contribution in [0.1, 0.15) is 34.1 Å². The molecule has 1 amide bonds. The molecule has 7 nitrogen and oxygen atoms in total.